The molecule has 0 N–H and O–H groups in total. The normalized spacial score (nSPS) is 11.0. The molecule has 154 valence electrons. The Labute approximate surface area is 177 Å². The van der Waals surface area contributed by atoms with Gasteiger partial charge in [-0.2, -0.15) is 5.10 Å². The van der Waals surface area contributed by atoms with E-state index in [9.17, 15) is 9.18 Å². The van der Waals surface area contributed by atoms with Gasteiger partial charge in [0.1, 0.15) is 29.4 Å². The summed E-state index contributed by atoms with van der Waals surface area (Å²) >= 11 is 6.27. The minimum atomic E-state index is -0.325. The quantitative estimate of drug-likeness (QED) is 0.437. The molecular formula is C22H19ClFN3O3. The van der Waals surface area contributed by atoms with Crippen molar-refractivity contribution in [3.8, 4) is 22.8 Å². The first-order valence-corrected chi connectivity index (χ1v) is 9.83. The maximum absolute atomic E-state index is 13.0. The first-order valence-electron chi connectivity index (χ1n) is 9.45. The first kappa shape index (κ1) is 20.0. The van der Waals surface area contributed by atoms with E-state index in [-0.39, 0.29) is 18.0 Å². The lowest BCUT2D eigenvalue weighted by molar-refractivity contribution is 0.296. The Hall–Kier alpha value is -3.32. The van der Waals surface area contributed by atoms with Crippen LogP contribution in [0, 0.1) is 5.82 Å². The van der Waals surface area contributed by atoms with Gasteiger partial charge in [0.15, 0.2) is 0 Å². The van der Waals surface area contributed by atoms with E-state index in [0.717, 1.165) is 5.56 Å². The smallest absolute Gasteiger partial charge is 0.276 e. The monoisotopic (exact) mass is 427 g/mol. The Balaban J connectivity index is 1.54. The van der Waals surface area contributed by atoms with Crippen LogP contribution < -0.4 is 15.0 Å². The Morgan fingerprint density at radius 3 is 2.60 bits per heavy atom. The molecule has 4 rings (SSSR count). The molecule has 2 aromatic heterocycles. The average molecular weight is 428 g/mol. The fourth-order valence-electron chi connectivity index (χ4n) is 3.07. The van der Waals surface area contributed by atoms with E-state index < -0.39 is 0 Å². The lowest BCUT2D eigenvalue weighted by atomic mass is 10.1. The summed E-state index contributed by atoms with van der Waals surface area (Å²) in [5, 5.41) is 4.96. The minimum absolute atomic E-state index is 0.184. The van der Waals surface area contributed by atoms with Gasteiger partial charge >= 0.3 is 0 Å². The van der Waals surface area contributed by atoms with Crippen molar-refractivity contribution in [2.45, 2.75) is 13.5 Å². The van der Waals surface area contributed by atoms with Crippen molar-refractivity contribution in [2.75, 3.05) is 13.2 Å². The molecule has 0 fully saturated rings. The van der Waals surface area contributed by atoms with Crippen molar-refractivity contribution in [3.05, 3.63) is 82.1 Å². The van der Waals surface area contributed by atoms with Crippen LogP contribution in [0.25, 0.3) is 16.8 Å². The van der Waals surface area contributed by atoms with Crippen molar-refractivity contribution in [1.82, 2.24) is 14.2 Å². The van der Waals surface area contributed by atoms with Crippen LogP contribution in [0.4, 0.5) is 4.39 Å². The Kier molecular flexibility index (Phi) is 5.72. The summed E-state index contributed by atoms with van der Waals surface area (Å²) in [4.78, 5) is 12.8. The van der Waals surface area contributed by atoms with E-state index in [1.54, 1.807) is 51.8 Å². The molecule has 0 aliphatic carbocycles. The number of nitrogens with zero attached hydrogens (tertiary/aromatic N) is 3. The van der Waals surface area contributed by atoms with E-state index in [2.05, 4.69) is 5.10 Å². The third-order valence-electron chi connectivity index (χ3n) is 4.55. The zero-order valence-electron chi connectivity index (χ0n) is 16.2. The highest BCUT2D eigenvalue weighted by Crippen LogP contribution is 2.30. The predicted molar refractivity (Wildman–Crippen MR) is 113 cm³/mol. The Morgan fingerprint density at radius 1 is 1.07 bits per heavy atom. The molecule has 0 bridgehead atoms. The number of benzene rings is 2. The Bertz CT molecular complexity index is 1230. The lowest BCUT2D eigenvalue weighted by Crippen LogP contribution is -2.24. The summed E-state index contributed by atoms with van der Waals surface area (Å²) in [6.45, 7) is 3.04. The van der Waals surface area contributed by atoms with Crippen molar-refractivity contribution in [3.63, 3.8) is 0 Å². The van der Waals surface area contributed by atoms with Gasteiger partial charge in [-0.1, -0.05) is 11.6 Å². The minimum Gasteiger partial charge on any atom is -0.492 e. The fraction of sp³-hybridized carbons (Fsp3) is 0.182. The summed E-state index contributed by atoms with van der Waals surface area (Å²) < 4.78 is 27.1. The van der Waals surface area contributed by atoms with Crippen molar-refractivity contribution >= 4 is 17.1 Å². The van der Waals surface area contributed by atoms with Gasteiger partial charge in [0.25, 0.3) is 5.56 Å². The summed E-state index contributed by atoms with van der Waals surface area (Å²) in [5.74, 6) is 0.828. The molecule has 0 spiro atoms. The average Bonchev–Trinajstić information content (AvgIpc) is 3.18. The summed E-state index contributed by atoms with van der Waals surface area (Å²) in [6, 6.07) is 12.9. The molecule has 8 heteroatoms. The van der Waals surface area contributed by atoms with Crippen LogP contribution in [0.5, 0.6) is 11.5 Å². The number of fused-ring (bicyclic) bond motifs is 1. The van der Waals surface area contributed by atoms with Crippen molar-refractivity contribution in [1.29, 1.82) is 0 Å². The molecular weight excluding hydrogens is 409 g/mol. The van der Waals surface area contributed by atoms with Gasteiger partial charge in [0, 0.05) is 18.0 Å². The van der Waals surface area contributed by atoms with Crippen LogP contribution in [0.2, 0.25) is 5.02 Å². The molecule has 0 unspecified atom stereocenters. The predicted octanol–water partition coefficient (Wildman–Crippen LogP) is 4.43. The lowest BCUT2D eigenvalue weighted by Gasteiger charge is -2.08. The number of hydrogen-bond donors (Lipinski definition) is 0. The summed E-state index contributed by atoms with van der Waals surface area (Å²) in [5.41, 5.74) is 1.69. The van der Waals surface area contributed by atoms with E-state index in [1.807, 2.05) is 13.0 Å². The zero-order chi connectivity index (χ0) is 21.1. The molecule has 0 saturated heterocycles. The molecule has 0 saturated carbocycles. The van der Waals surface area contributed by atoms with Gasteiger partial charge in [-0.05, 0) is 55.5 Å². The molecule has 6 nitrogen and oxygen atoms in total. The number of halogens is 2. The number of rotatable bonds is 7. The maximum atomic E-state index is 13.0. The number of hydrogen-bond acceptors (Lipinski definition) is 4. The van der Waals surface area contributed by atoms with Gasteiger partial charge in [0.2, 0.25) is 0 Å². The van der Waals surface area contributed by atoms with Gasteiger partial charge in [-0.25, -0.2) is 8.91 Å². The second-order valence-corrected chi connectivity index (χ2v) is 6.94. The summed E-state index contributed by atoms with van der Waals surface area (Å²) in [7, 11) is 0. The van der Waals surface area contributed by atoms with E-state index >= 15 is 0 Å². The summed E-state index contributed by atoms with van der Waals surface area (Å²) in [6.07, 6.45) is 3.37. The highest BCUT2D eigenvalue weighted by Gasteiger charge is 2.11. The number of aromatic nitrogens is 3. The number of ether oxygens (including phenoxy) is 2. The van der Waals surface area contributed by atoms with Crippen LogP contribution in [-0.4, -0.2) is 27.4 Å². The third kappa shape index (κ3) is 4.16. The highest BCUT2D eigenvalue weighted by molar-refractivity contribution is 6.32. The second kappa shape index (κ2) is 8.59. The van der Waals surface area contributed by atoms with Crippen molar-refractivity contribution in [2.24, 2.45) is 0 Å². The van der Waals surface area contributed by atoms with Crippen LogP contribution >= 0.6 is 11.6 Å². The molecule has 0 aliphatic rings. The van der Waals surface area contributed by atoms with E-state index in [1.165, 1.54) is 12.1 Å². The largest absolute Gasteiger partial charge is 0.492 e. The molecule has 2 heterocycles. The fourth-order valence-corrected chi connectivity index (χ4v) is 3.30. The van der Waals surface area contributed by atoms with Gasteiger partial charge in [-0.15, -0.1) is 0 Å². The molecule has 0 aliphatic heterocycles. The molecule has 0 amide bonds. The molecule has 2 aromatic carbocycles. The highest BCUT2D eigenvalue weighted by atomic mass is 35.5. The SMILES string of the molecule is CCOc1ccc(-c2cc3c(=O)n(CCOc4ccc(F)cc4)ccn3n2)cc1Cl. The Morgan fingerprint density at radius 2 is 1.87 bits per heavy atom. The van der Waals surface area contributed by atoms with Gasteiger partial charge in [-0.3, -0.25) is 4.79 Å². The maximum Gasteiger partial charge on any atom is 0.276 e. The molecule has 0 atom stereocenters. The third-order valence-corrected chi connectivity index (χ3v) is 4.84. The van der Waals surface area contributed by atoms with E-state index in [4.69, 9.17) is 21.1 Å². The van der Waals surface area contributed by atoms with Crippen LogP contribution in [0.3, 0.4) is 0 Å². The molecule has 0 radical (unpaired) electrons. The van der Waals surface area contributed by atoms with Crippen LogP contribution in [0.15, 0.2) is 65.7 Å². The van der Waals surface area contributed by atoms with Crippen LogP contribution in [0.1, 0.15) is 6.92 Å². The second-order valence-electron chi connectivity index (χ2n) is 6.54. The topological polar surface area (TPSA) is 57.8 Å². The molecule has 4 aromatic rings. The van der Waals surface area contributed by atoms with E-state index in [0.29, 0.717) is 40.9 Å². The van der Waals surface area contributed by atoms with Crippen LogP contribution in [-0.2, 0) is 6.54 Å². The van der Waals surface area contributed by atoms with Crippen molar-refractivity contribution < 1.29 is 13.9 Å². The first-order chi connectivity index (χ1) is 14.5. The van der Waals surface area contributed by atoms with Gasteiger partial charge in [0.05, 0.1) is 23.9 Å². The zero-order valence-corrected chi connectivity index (χ0v) is 17.0. The standard InChI is InChI=1S/C22H19ClFN3O3/c1-2-29-21-8-3-15(13-18(21)23)19-14-20-22(28)26(9-10-27(20)25-19)11-12-30-17-6-4-16(24)5-7-17/h3-10,13-14H,2,11-12H2,1H3. The van der Waals surface area contributed by atoms with Gasteiger partial charge < -0.3 is 14.0 Å². The molecule has 30 heavy (non-hydrogen) atoms.